The van der Waals surface area contributed by atoms with E-state index in [4.69, 9.17) is 4.74 Å². The van der Waals surface area contributed by atoms with Gasteiger partial charge >= 0.3 is 10.2 Å². The molecule has 17 heavy (non-hydrogen) atoms. The molecule has 0 bridgehead atoms. The average Bonchev–Trinajstić information content (AvgIpc) is 2.68. The summed E-state index contributed by atoms with van der Waals surface area (Å²) in [7, 11) is -3.56. The van der Waals surface area contributed by atoms with E-state index in [9.17, 15) is 8.42 Å². The molecule has 7 nitrogen and oxygen atoms in total. The summed E-state index contributed by atoms with van der Waals surface area (Å²) in [6, 6.07) is 0. The normalized spacial score (nSPS) is 26.9. The van der Waals surface area contributed by atoms with Crippen molar-refractivity contribution in [2.24, 2.45) is 0 Å². The second kappa shape index (κ2) is 4.63. The van der Waals surface area contributed by atoms with Crippen LogP contribution in [0, 0.1) is 0 Å². The Morgan fingerprint density at radius 2 is 2.12 bits per heavy atom. The van der Waals surface area contributed by atoms with Crippen molar-refractivity contribution in [1.29, 1.82) is 0 Å². The van der Waals surface area contributed by atoms with E-state index in [1.807, 2.05) is 13.8 Å². The van der Waals surface area contributed by atoms with Crippen LogP contribution in [0.25, 0.3) is 0 Å². The molecule has 0 spiro atoms. The van der Waals surface area contributed by atoms with Crippen LogP contribution >= 0.6 is 0 Å². The molecule has 0 radical (unpaired) electrons. The molecule has 2 N–H and O–H groups in total. The molecule has 2 atom stereocenters. The Bertz CT molecular complexity index is 449. The molecule has 2 unspecified atom stereocenters. The summed E-state index contributed by atoms with van der Waals surface area (Å²) < 4.78 is 33.3. The number of hydrogen-bond donors (Lipinski definition) is 2. The van der Waals surface area contributed by atoms with E-state index in [1.54, 1.807) is 6.20 Å². The lowest BCUT2D eigenvalue weighted by Gasteiger charge is -2.34. The topological polar surface area (TPSA) is 87.3 Å². The summed E-state index contributed by atoms with van der Waals surface area (Å²) in [6.07, 6.45) is 2.84. The molecule has 1 aliphatic heterocycles. The van der Waals surface area contributed by atoms with Crippen LogP contribution in [0.1, 0.15) is 13.8 Å². The Hall–Kier alpha value is -1.12. The van der Waals surface area contributed by atoms with E-state index >= 15 is 0 Å². The molecular formula is C9H16N4O3S. The van der Waals surface area contributed by atoms with Crippen molar-refractivity contribution in [3.63, 3.8) is 0 Å². The molecule has 1 fully saturated rings. The van der Waals surface area contributed by atoms with Gasteiger partial charge in [-0.05, 0) is 13.8 Å². The Labute approximate surface area is 100 Å². The number of nitrogens with zero attached hydrogens (tertiary/aromatic N) is 2. The van der Waals surface area contributed by atoms with Crippen LogP contribution in [-0.2, 0) is 14.9 Å². The molecular weight excluding hydrogens is 244 g/mol. The summed E-state index contributed by atoms with van der Waals surface area (Å²) in [6.45, 7) is 4.40. The minimum atomic E-state index is -3.56. The van der Waals surface area contributed by atoms with E-state index in [-0.39, 0.29) is 18.2 Å². The molecule has 0 saturated carbocycles. The lowest BCUT2D eigenvalue weighted by molar-refractivity contribution is -0.0439. The molecule has 1 aliphatic rings. The van der Waals surface area contributed by atoms with Gasteiger partial charge in [0.2, 0.25) is 5.95 Å². The molecule has 96 valence electrons. The first-order valence-corrected chi connectivity index (χ1v) is 6.84. The standard InChI is InChI=1S/C9H16N4O3S/c1-7-5-13(6-8(2)16-7)17(14,15)12-9-10-3-4-11-9/h3-4,7-8H,5-6H2,1-2H3,(H2,10,11,12). The van der Waals surface area contributed by atoms with Gasteiger partial charge in [-0.15, -0.1) is 0 Å². The number of morpholine rings is 1. The smallest absolute Gasteiger partial charge is 0.304 e. The van der Waals surface area contributed by atoms with Crippen LogP contribution in [0.15, 0.2) is 12.4 Å². The van der Waals surface area contributed by atoms with Gasteiger partial charge in [-0.3, -0.25) is 0 Å². The average molecular weight is 260 g/mol. The zero-order chi connectivity index (χ0) is 12.5. The van der Waals surface area contributed by atoms with Gasteiger partial charge in [-0.1, -0.05) is 0 Å². The lowest BCUT2D eigenvalue weighted by atomic mass is 10.3. The first-order chi connectivity index (χ1) is 7.97. The Morgan fingerprint density at radius 3 is 2.65 bits per heavy atom. The number of ether oxygens (including phenoxy) is 1. The maximum Gasteiger partial charge on any atom is 0.304 e. The zero-order valence-corrected chi connectivity index (χ0v) is 10.6. The maximum atomic E-state index is 12.0. The maximum absolute atomic E-state index is 12.0. The summed E-state index contributed by atoms with van der Waals surface area (Å²) in [5, 5.41) is 0. The molecule has 0 aromatic carbocycles. The SMILES string of the molecule is CC1CN(S(=O)(=O)Nc2ncc[nH]2)CC(C)O1. The van der Waals surface area contributed by atoms with Gasteiger partial charge in [-0.2, -0.15) is 12.7 Å². The fourth-order valence-corrected chi connectivity index (χ4v) is 3.13. The molecule has 1 aromatic heterocycles. The second-order valence-electron chi connectivity index (χ2n) is 4.12. The molecule has 8 heteroatoms. The van der Waals surface area contributed by atoms with Crippen LogP contribution in [0.2, 0.25) is 0 Å². The van der Waals surface area contributed by atoms with Gasteiger partial charge in [0.15, 0.2) is 0 Å². The van der Waals surface area contributed by atoms with E-state index in [1.165, 1.54) is 10.5 Å². The van der Waals surface area contributed by atoms with Gasteiger partial charge in [0, 0.05) is 25.5 Å². The first-order valence-electron chi connectivity index (χ1n) is 5.40. The number of aromatic nitrogens is 2. The highest BCUT2D eigenvalue weighted by atomic mass is 32.2. The van der Waals surface area contributed by atoms with Gasteiger partial charge < -0.3 is 9.72 Å². The molecule has 2 heterocycles. The Morgan fingerprint density at radius 1 is 1.47 bits per heavy atom. The van der Waals surface area contributed by atoms with Gasteiger partial charge in [-0.25, -0.2) is 9.71 Å². The minimum Gasteiger partial charge on any atom is -0.373 e. The van der Waals surface area contributed by atoms with Crippen molar-refractivity contribution in [1.82, 2.24) is 14.3 Å². The molecule has 0 aliphatic carbocycles. The molecule has 1 aromatic rings. The summed E-state index contributed by atoms with van der Waals surface area (Å²) in [5.74, 6) is 0.219. The van der Waals surface area contributed by atoms with Crippen molar-refractivity contribution in [2.45, 2.75) is 26.1 Å². The predicted octanol–water partition coefficient (Wildman–Crippen LogP) is 0.176. The third kappa shape index (κ3) is 2.96. The van der Waals surface area contributed by atoms with Crippen LogP contribution in [0.3, 0.4) is 0 Å². The van der Waals surface area contributed by atoms with Gasteiger partial charge in [0.05, 0.1) is 12.2 Å². The highest BCUT2D eigenvalue weighted by Crippen LogP contribution is 2.15. The van der Waals surface area contributed by atoms with Crippen LogP contribution in [0.5, 0.6) is 0 Å². The van der Waals surface area contributed by atoms with E-state index < -0.39 is 10.2 Å². The minimum absolute atomic E-state index is 0.105. The second-order valence-corrected chi connectivity index (χ2v) is 5.79. The van der Waals surface area contributed by atoms with Crippen molar-refractivity contribution < 1.29 is 13.2 Å². The molecule has 2 rings (SSSR count). The fourth-order valence-electron chi connectivity index (χ4n) is 1.83. The zero-order valence-electron chi connectivity index (χ0n) is 9.75. The van der Waals surface area contributed by atoms with Crippen LogP contribution in [0.4, 0.5) is 5.95 Å². The number of imidazole rings is 1. The van der Waals surface area contributed by atoms with Gasteiger partial charge in [0.25, 0.3) is 0 Å². The Balaban J connectivity index is 2.09. The monoisotopic (exact) mass is 260 g/mol. The van der Waals surface area contributed by atoms with Crippen molar-refractivity contribution >= 4 is 16.2 Å². The quantitative estimate of drug-likeness (QED) is 0.811. The number of anilines is 1. The fraction of sp³-hybridized carbons (Fsp3) is 0.667. The highest BCUT2D eigenvalue weighted by Gasteiger charge is 2.31. The number of hydrogen-bond acceptors (Lipinski definition) is 4. The summed E-state index contributed by atoms with van der Waals surface area (Å²) >= 11 is 0. The van der Waals surface area contributed by atoms with E-state index in [2.05, 4.69) is 14.7 Å². The number of aromatic amines is 1. The van der Waals surface area contributed by atoms with Crippen LogP contribution in [-0.4, -0.2) is 48.0 Å². The van der Waals surface area contributed by atoms with Crippen molar-refractivity contribution in [2.75, 3.05) is 17.8 Å². The van der Waals surface area contributed by atoms with E-state index in [0.29, 0.717) is 13.1 Å². The lowest BCUT2D eigenvalue weighted by Crippen LogP contribution is -2.50. The van der Waals surface area contributed by atoms with Crippen LogP contribution < -0.4 is 4.72 Å². The number of nitrogens with one attached hydrogen (secondary N) is 2. The Kier molecular flexibility index (Phi) is 3.36. The summed E-state index contributed by atoms with van der Waals surface area (Å²) in [4.78, 5) is 6.53. The number of rotatable bonds is 3. The van der Waals surface area contributed by atoms with Gasteiger partial charge in [0.1, 0.15) is 0 Å². The summed E-state index contributed by atoms with van der Waals surface area (Å²) in [5.41, 5.74) is 0. The largest absolute Gasteiger partial charge is 0.373 e. The predicted molar refractivity (Wildman–Crippen MR) is 62.7 cm³/mol. The number of H-pyrrole nitrogens is 1. The van der Waals surface area contributed by atoms with Crippen molar-refractivity contribution in [3.8, 4) is 0 Å². The molecule has 1 saturated heterocycles. The first kappa shape index (κ1) is 12.3. The molecule has 0 amide bonds. The van der Waals surface area contributed by atoms with E-state index in [0.717, 1.165) is 0 Å². The van der Waals surface area contributed by atoms with Crippen molar-refractivity contribution in [3.05, 3.63) is 12.4 Å². The third-order valence-electron chi connectivity index (χ3n) is 2.45. The third-order valence-corrected chi connectivity index (χ3v) is 3.88. The highest BCUT2D eigenvalue weighted by molar-refractivity contribution is 7.90.